The van der Waals surface area contributed by atoms with Gasteiger partial charge in [-0.2, -0.15) is 0 Å². The maximum atomic E-state index is 13.0. The van der Waals surface area contributed by atoms with Crippen molar-refractivity contribution in [1.82, 2.24) is 10.2 Å². The Morgan fingerprint density at radius 3 is 2.55 bits per heavy atom. The minimum Gasteiger partial charge on any atom is -0.339 e. The molecule has 1 aromatic rings. The number of hydrogen-bond acceptors (Lipinski definition) is 2. The smallest absolute Gasteiger partial charge is 0.255 e. The van der Waals surface area contributed by atoms with Gasteiger partial charge in [-0.05, 0) is 50.9 Å². The molecule has 2 rings (SSSR count). The van der Waals surface area contributed by atoms with Gasteiger partial charge in [0.1, 0.15) is 5.82 Å². The fraction of sp³-hybridized carbons (Fsp3) is 0.533. The maximum absolute atomic E-state index is 13.0. The summed E-state index contributed by atoms with van der Waals surface area (Å²) in [5, 5.41) is 3.45. The predicted molar refractivity (Wildman–Crippen MR) is 78.6 cm³/mol. The Morgan fingerprint density at radius 2 is 2.00 bits per heavy atom. The Balaban J connectivity index is 2.05. The van der Waals surface area contributed by atoms with Crippen LogP contribution in [0.1, 0.15) is 36.0 Å². The van der Waals surface area contributed by atoms with Gasteiger partial charge in [-0.25, -0.2) is 4.39 Å². The number of benzene rings is 1. The van der Waals surface area contributed by atoms with Crippen LogP contribution >= 0.6 is 11.6 Å². The number of nitrogens with one attached hydrogen (secondary N) is 1. The lowest BCUT2D eigenvalue weighted by molar-refractivity contribution is 0.0686. The zero-order chi connectivity index (χ0) is 14.7. The van der Waals surface area contributed by atoms with E-state index < -0.39 is 5.82 Å². The molecule has 1 N–H and O–H groups in total. The van der Waals surface area contributed by atoms with E-state index in [4.69, 9.17) is 11.6 Å². The molecule has 1 aromatic carbocycles. The lowest BCUT2D eigenvalue weighted by atomic mass is 9.90. The molecule has 1 saturated carbocycles. The first kappa shape index (κ1) is 15.3. The summed E-state index contributed by atoms with van der Waals surface area (Å²) in [6.45, 7) is 0. The first-order valence-corrected chi connectivity index (χ1v) is 7.30. The predicted octanol–water partition coefficient (Wildman–Crippen LogP) is 3.08. The lowest BCUT2D eigenvalue weighted by Crippen LogP contribution is -2.42. The molecule has 0 saturated heterocycles. The molecule has 0 heterocycles. The van der Waals surface area contributed by atoms with Crippen LogP contribution in [0.15, 0.2) is 18.2 Å². The zero-order valence-corrected chi connectivity index (χ0v) is 12.6. The second kappa shape index (κ2) is 6.55. The van der Waals surface area contributed by atoms with E-state index in [1.807, 2.05) is 7.05 Å². The van der Waals surface area contributed by atoms with Gasteiger partial charge >= 0.3 is 0 Å². The Hall–Kier alpha value is -1.13. The Morgan fingerprint density at radius 1 is 1.35 bits per heavy atom. The van der Waals surface area contributed by atoms with Crippen LogP contribution in [0.3, 0.4) is 0 Å². The quantitative estimate of drug-likeness (QED) is 0.930. The van der Waals surface area contributed by atoms with Crippen LogP contribution in [-0.2, 0) is 0 Å². The second-order valence-corrected chi connectivity index (χ2v) is 5.74. The highest BCUT2D eigenvalue weighted by Crippen LogP contribution is 2.25. The summed E-state index contributed by atoms with van der Waals surface area (Å²) >= 11 is 5.96. The van der Waals surface area contributed by atoms with Gasteiger partial charge in [0.15, 0.2) is 0 Å². The molecule has 0 unspecified atom stereocenters. The van der Waals surface area contributed by atoms with Crippen molar-refractivity contribution in [3.05, 3.63) is 34.6 Å². The molecule has 110 valence electrons. The number of carbonyl (C=O) groups is 1. The summed E-state index contributed by atoms with van der Waals surface area (Å²) in [6, 6.07) is 4.68. The van der Waals surface area contributed by atoms with E-state index in [0.717, 1.165) is 25.7 Å². The SMILES string of the molecule is CNC1CCC(N(C)C(=O)c2ccc(F)cc2Cl)CC1. The van der Waals surface area contributed by atoms with Gasteiger partial charge in [-0.15, -0.1) is 0 Å². The van der Waals surface area contributed by atoms with Crippen molar-refractivity contribution < 1.29 is 9.18 Å². The molecule has 5 heteroatoms. The topological polar surface area (TPSA) is 32.3 Å². The first-order valence-electron chi connectivity index (χ1n) is 6.92. The maximum Gasteiger partial charge on any atom is 0.255 e. The van der Waals surface area contributed by atoms with Crippen molar-refractivity contribution in [2.75, 3.05) is 14.1 Å². The largest absolute Gasteiger partial charge is 0.339 e. The number of carbonyl (C=O) groups excluding carboxylic acids is 1. The minimum absolute atomic E-state index is 0.136. The van der Waals surface area contributed by atoms with Gasteiger partial charge in [0, 0.05) is 19.1 Å². The number of amides is 1. The summed E-state index contributed by atoms with van der Waals surface area (Å²) < 4.78 is 13.0. The molecule has 0 aromatic heterocycles. The second-order valence-electron chi connectivity index (χ2n) is 5.33. The molecule has 0 aliphatic heterocycles. The van der Waals surface area contributed by atoms with Crippen LogP contribution in [0.25, 0.3) is 0 Å². The molecule has 0 atom stereocenters. The highest BCUT2D eigenvalue weighted by atomic mass is 35.5. The van der Waals surface area contributed by atoms with Crippen LogP contribution in [0, 0.1) is 5.82 Å². The van der Waals surface area contributed by atoms with E-state index in [1.54, 1.807) is 11.9 Å². The molecule has 1 aliphatic rings. The van der Waals surface area contributed by atoms with E-state index in [1.165, 1.54) is 18.2 Å². The highest BCUT2D eigenvalue weighted by Gasteiger charge is 2.27. The Labute approximate surface area is 124 Å². The number of rotatable bonds is 3. The molecule has 0 bridgehead atoms. The molecule has 1 aliphatic carbocycles. The van der Waals surface area contributed by atoms with E-state index in [2.05, 4.69) is 5.32 Å². The lowest BCUT2D eigenvalue weighted by Gasteiger charge is -2.34. The van der Waals surface area contributed by atoms with Crippen LogP contribution in [0.5, 0.6) is 0 Å². The van der Waals surface area contributed by atoms with Crippen molar-refractivity contribution >= 4 is 17.5 Å². The third kappa shape index (κ3) is 3.30. The molecule has 3 nitrogen and oxygen atoms in total. The summed E-state index contributed by atoms with van der Waals surface area (Å²) in [4.78, 5) is 14.2. The summed E-state index contributed by atoms with van der Waals surface area (Å²) in [6.07, 6.45) is 4.09. The standard InChI is InChI=1S/C15H20ClFN2O/c1-18-11-4-6-12(7-5-11)19(2)15(20)13-8-3-10(17)9-14(13)16/h3,8-9,11-12,18H,4-7H2,1-2H3. The van der Waals surface area contributed by atoms with Crippen molar-refractivity contribution in [2.24, 2.45) is 0 Å². The van der Waals surface area contributed by atoms with Crippen molar-refractivity contribution in [3.8, 4) is 0 Å². The van der Waals surface area contributed by atoms with Gasteiger partial charge < -0.3 is 10.2 Å². The van der Waals surface area contributed by atoms with Crippen LogP contribution < -0.4 is 5.32 Å². The summed E-state index contributed by atoms with van der Waals surface area (Å²) in [7, 11) is 3.77. The molecule has 1 fully saturated rings. The van der Waals surface area contributed by atoms with E-state index >= 15 is 0 Å². The average molecular weight is 299 g/mol. The molecular weight excluding hydrogens is 279 g/mol. The number of nitrogens with zero attached hydrogens (tertiary/aromatic N) is 1. The fourth-order valence-electron chi connectivity index (χ4n) is 2.77. The Bertz CT molecular complexity index is 487. The number of hydrogen-bond donors (Lipinski definition) is 1. The molecule has 0 radical (unpaired) electrons. The molecule has 20 heavy (non-hydrogen) atoms. The van der Waals surface area contributed by atoms with E-state index in [9.17, 15) is 9.18 Å². The van der Waals surface area contributed by atoms with Gasteiger partial charge in [-0.3, -0.25) is 4.79 Å². The van der Waals surface area contributed by atoms with Gasteiger partial charge in [-0.1, -0.05) is 11.6 Å². The van der Waals surface area contributed by atoms with Crippen molar-refractivity contribution in [2.45, 2.75) is 37.8 Å². The normalized spacial score (nSPS) is 22.6. The van der Waals surface area contributed by atoms with E-state index in [-0.39, 0.29) is 17.0 Å². The summed E-state index contributed by atoms with van der Waals surface area (Å²) in [5.41, 5.74) is 0.367. The average Bonchev–Trinajstić information content (AvgIpc) is 2.46. The molecular formula is C15H20ClFN2O. The van der Waals surface area contributed by atoms with Crippen molar-refractivity contribution in [3.63, 3.8) is 0 Å². The van der Waals surface area contributed by atoms with Gasteiger partial charge in [0.25, 0.3) is 5.91 Å². The van der Waals surface area contributed by atoms with E-state index in [0.29, 0.717) is 11.6 Å². The summed E-state index contributed by atoms with van der Waals surface area (Å²) in [5.74, 6) is -0.563. The van der Waals surface area contributed by atoms with Crippen LogP contribution in [0.2, 0.25) is 5.02 Å². The van der Waals surface area contributed by atoms with Gasteiger partial charge in [0.2, 0.25) is 0 Å². The number of halogens is 2. The highest BCUT2D eigenvalue weighted by molar-refractivity contribution is 6.33. The van der Waals surface area contributed by atoms with Gasteiger partial charge in [0.05, 0.1) is 10.6 Å². The van der Waals surface area contributed by atoms with Crippen molar-refractivity contribution in [1.29, 1.82) is 0 Å². The monoisotopic (exact) mass is 298 g/mol. The third-order valence-corrected chi connectivity index (χ3v) is 4.45. The van der Waals surface area contributed by atoms with Crippen LogP contribution in [-0.4, -0.2) is 37.0 Å². The minimum atomic E-state index is -0.427. The molecule has 0 spiro atoms. The fourth-order valence-corrected chi connectivity index (χ4v) is 3.02. The Kier molecular flexibility index (Phi) is 5.00. The molecule has 1 amide bonds. The van der Waals surface area contributed by atoms with Crippen LogP contribution in [0.4, 0.5) is 4.39 Å². The zero-order valence-electron chi connectivity index (χ0n) is 11.8. The third-order valence-electron chi connectivity index (χ3n) is 4.13. The first-order chi connectivity index (χ1) is 9.52.